The Morgan fingerprint density at radius 2 is 2.32 bits per heavy atom. The highest BCUT2D eigenvalue weighted by Crippen LogP contribution is 2.18. The van der Waals surface area contributed by atoms with Gasteiger partial charge in [-0.25, -0.2) is 0 Å². The Labute approximate surface area is 112 Å². The standard InChI is InChI=1S/C15H16N2O2/c1-19-13-6-8-17(10-13)15(18)12-4-5-14-11(9-12)3-2-7-16-14/h2-5,7,9,13H,6,8,10H2,1H3/t13-/m1/s1. The summed E-state index contributed by atoms with van der Waals surface area (Å²) >= 11 is 0. The molecule has 0 aliphatic carbocycles. The lowest BCUT2D eigenvalue weighted by atomic mass is 10.1. The van der Waals surface area contributed by atoms with Crippen LogP contribution in [-0.2, 0) is 4.74 Å². The van der Waals surface area contributed by atoms with Gasteiger partial charge in [0.2, 0.25) is 0 Å². The number of likely N-dealkylation sites (tertiary alicyclic amines) is 1. The number of pyridine rings is 1. The molecule has 2 heterocycles. The highest BCUT2D eigenvalue weighted by molar-refractivity contribution is 5.98. The quantitative estimate of drug-likeness (QED) is 0.826. The lowest BCUT2D eigenvalue weighted by Crippen LogP contribution is -2.29. The molecular weight excluding hydrogens is 240 g/mol. The van der Waals surface area contributed by atoms with Gasteiger partial charge in [-0.1, -0.05) is 6.07 Å². The molecule has 1 aliphatic rings. The summed E-state index contributed by atoms with van der Waals surface area (Å²) in [4.78, 5) is 18.5. The fraction of sp³-hybridized carbons (Fsp3) is 0.333. The van der Waals surface area contributed by atoms with Gasteiger partial charge in [-0.3, -0.25) is 9.78 Å². The van der Waals surface area contributed by atoms with E-state index in [-0.39, 0.29) is 12.0 Å². The van der Waals surface area contributed by atoms with Gasteiger partial charge in [0.15, 0.2) is 0 Å². The Hall–Kier alpha value is -1.94. The van der Waals surface area contributed by atoms with Gasteiger partial charge in [-0.2, -0.15) is 0 Å². The van der Waals surface area contributed by atoms with Crippen LogP contribution in [0.2, 0.25) is 0 Å². The first-order valence-electron chi connectivity index (χ1n) is 6.45. The largest absolute Gasteiger partial charge is 0.380 e. The van der Waals surface area contributed by atoms with Crippen LogP contribution in [0.25, 0.3) is 10.9 Å². The third kappa shape index (κ3) is 2.31. The summed E-state index contributed by atoms with van der Waals surface area (Å²) < 4.78 is 5.29. The molecule has 19 heavy (non-hydrogen) atoms. The normalized spacial score (nSPS) is 19.0. The third-order valence-corrected chi connectivity index (χ3v) is 3.62. The van der Waals surface area contributed by atoms with Crippen molar-refractivity contribution >= 4 is 16.8 Å². The van der Waals surface area contributed by atoms with Gasteiger partial charge in [-0.15, -0.1) is 0 Å². The van der Waals surface area contributed by atoms with E-state index in [0.717, 1.165) is 29.4 Å². The lowest BCUT2D eigenvalue weighted by Gasteiger charge is -2.16. The Morgan fingerprint density at radius 1 is 1.42 bits per heavy atom. The average molecular weight is 256 g/mol. The number of hydrogen-bond acceptors (Lipinski definition) is 3. The second-order valence-corrected chi connectivity index (χ2v) is 4.81. The molecule has 2 aromatic rings. The molecule has 3 rings (SSSR count). The topological polar surface area (TPSA) is 42.4 Å². The van der Waals surface area contributed by atoms with E-state index in [1.807, 2.05) is 35.2 Å². The maximum atomic E-state index is 12.4. The summed E-state index contributed by atoms with van der Waals surface area (Å²) in [5.74, 6) is 0.0744. The smallest absolute Gasteiger partial charge is 0.253 e. The Morgan fingerprint density at radius 3 is 3.11 bits per heavy atom. The van der Waals surface area contributed by atoms with Gasteiger partial charge in [0, 0.05) is 37.3 Å². The summed E-state index contributed by atoms with van der Waals surface area (Å²) in [5, 5.41) is 0.996. The Bertz CT molecular complexity index is 612. The van der Waals surface area contributed by atoms with Crippen LogP contribution in [0.1, 0.15) is 16.8 Å². The zero-order chi connectivity index (χ0) is 13.2. The number of aromatic nitrogens is 1. The number of nitrogens with zero attached hydrogens (tertiary/aromatic N) is 2. The van der Waals surface area contributed by atoms with Gasteiger partial charge in [0.1, 0.15) is 0 Å². The number of fused-ring (bicyclic) bond motifs is 1. The van der Waals surface area contributed by atoms with Crippen LogP contribution in [0.4, 0.5) is 0 Å². The van der Waals surface area contributed by atoms with Crippen LogP contribution in [0.15, 0.2) is 36.5 Å². The molecule has 1 amide bonds. The van der Waals surface area contributed by atoms with Crippen molar-refractivity contribution in [1.82, 2.24) is 9.88 Å². The second-order valence-electron chi connectivity index (χ2n) is 4.81. The van der Waals surface area contributed by atoms with Crippen LogP contribution in [0.3, 0.4) is 0 Å². The van der Waals surface area contributed by atoms with Gasteiger partial charge in [0.25, 0.3) is 5.91 Å². The molecule has 0 N–H and O–H groups in total. The molecule has 0 unspecified atom stereocenters. The van der Waals surface area contributed by atoms with Gasteiger partial charge >= 0.3 is 0 Å². The number of methoxy groups -OCH3 is 1. The summed E-state index contributed by atoms with van der Waals surface area (Å²) in [5.41, 5.74) is 1.63. The van der Waals surface area contributed by atoms with E-state index in [0.29, 0.717) is 6.54 Å². The molecule has 1 fully saturated rings. The second kappa shape index (κ2) is 4.97. The van der Waals surface area contributed by atoms with E-state index in [4.69, 9.17) is 4.74 Å². The van der Waals surface area contributed by atoms with Crippen molar-refractivity contribution in [2.24, 2.45) is 0 Å². The minimum absolute atomic E-state index is 0.0744. The fourth-order valence-electron chi connectivity index (χ4n) is 2.50. The molecule has 0 spiro atoms. The third-order valence-electron chi connectivity index (χ3n) is 3.62. The number of ether oxygens (including phenoxy) is 1. The predicted octanol–water partition coefficient (Wildman–Crippen LogP) is 2.10. The Kier molecular flexibility index (Phi) is 3.17. The first kappa shape index (κ1) is 12.1. The Balaban J connectivity index is 1.85. The molecule has 1 atom stereocenters. The molecule has 1 aromatic heterocycles. The SMILES string of the molecule is CO[C@@H]1CCN(C(=O)c2ccc3ncccc3c2)C1. The van der Waals surface area contributed by atoms with Crippen LogP contribution < -0.4 is 0 Å². The van der Waals surface area contributed by atoms with Crippen molar-refractivity contribution in [3.63, 3.8) is 0 Å². The number of rotatable bonds is 2. The molecule has 4 nitrogen and oxygen atoms in total. The molecule has 98 valence electrons. The predicted molar refractivity (Wildman–Crippen MR) is 73.1 cm³/mol. The number of hydrogen-bond donors (Lipinski definition) is 0. The first-order valence-corrected chi connectivity index (χ1v) is 6.45. The summed E-state index contributed by atoms with van der Waals surface area (Å²) in [7, 11) is 1.69. The van der Waals surface area contributed by atoms with Gasteiger partial charge < -0.3 is 9.64 Å². The van der Waals surface area contributed by atoms with Crippen LogP contribution in [0, 0.1) is 0 Å². The summed E-state index contributed by atoms with van der Waals surface area (Å²) in [6, 6.07) is 9.50. The minimum atomic E-state index is 0.0744. The van der Waals surface area contributed by atoms with Gasteiger partial charge in [-0.05, 0) is 30.7 Å². The lowest BCUT2D eigenvalue weighted by molar-refractivity contribution is 0.0724. The number of benzene rings is 1. The van der Waals surface area contributed by atoms with Crippen molar-refractivity contribution < 1.29 is 9.53 Å². The molecule has 4 heteroatoms. The number of carbonyl (C=O) groups excluding carboxylic acids is 1. The number of carbonyl (C=O) groups is 1. The minimum Gasteiger partial charge on any atom is -0.380 e. The van der Waals surface area contributed by atoms with Crippen LogP contribution in [-0.4, -0.2) is 42.1 Å². The summed E-state index contributed by atoms with van der Waals surface area (Å²) in [6.07, 6.45) is 2.84. The van der Waals surface area contributed by atoms with Crippen molar-refractivity contribution in [1.29, 1.82) is 0 Å². The average Bonchev–Trinajstić information content (AvgIpc) is 2.95. The number of amides is 1. The maximum absolute atomic E-state index is 12.4. The highest BCUT2D eigenvalue weighted by atomic mass is 16.5. The molecule has 0 radical (unpaired) electrons. The molecular formula is C15H16N2O2. The van der Waals surface area contributed by atoms with Crippen LogP contribution in [0.5, 0.6) is 0 Å². The first-order chi connectivity index (χ1) is 9.28. The van der Waals surface area contributed by atoms with E-state index in [9.17, 15) is 4.79 Å². The maximum Gasteiger partial charge on any atom is 0.253 e. The van der Waals surface area contributed by atoms with Crippen molar-refractivity contribution in [2.45, 2.75) is 12.5 Å². The van der Waals surface area contributed by atoms with Crippen LogP contribution >= 0.6 is 0 Å². The molecule has 1 aliphatic heterocycles. The van der Waals surface area contributed by atoms with E-state index < -0.39 is 0 Å². The van der Waals surface area contributed by atoms with E-state index in [2.05, 4.69) is 4.98 Å². The molecule has 1 aromatic carbocycles. The monoisotopic (exact) mass is 256 g/mol. The summed E-state index contributed by atoms with van der Waals surface area (Å²) in [6.45, 7) is 1.45. The zero-order valence-corrected chi connectivity index (χ0v) is 10.9. The fourth-order valence-corrected chi connectivity index (χ4v) is 2.50. The van der Waals surface area contributed by atoms with Crippen molar-refractivity contribution in [3.05, 3.63) is 42.1 Å². The highest BCUT2D eigenvalue weighted by Gasteiger charge is 2.26. The molecule has 0 saturated carbocycles. The molecule has 1 saturated heterocycles. The van der Waals surface area contributed by atoms with Crippen molar-refractivity contribution in [3.8, 4) is 0 Å². The van der Waals surface area contributed by atoms with Crippen molar-refractivity contribution in [2.75, 3.05) is 20.2 Å². The zero-order valence-electron chi connectivity index (χ0n) is 10.9. The van der Waals surface area contributed by atoms with Gasteiger partial charge in [0.05, 0.1) is 11.6 Å². The molecule has 0 bridgehead atoms. The van der Waals surface area contributed by atoms with E-state index in [1.54, 1.807) is 13.3 Å². The van der Waals surface area contributed by atoms with E-state index in [1.165, 1.54) is 0 Å². The van der Waals surface area contributed by atoms with E-state index >= 15 is 0 Å².